The third kappa shape index (κ3) is 5.38. The van der Waals surface area contributed by atoms with Crippen LogP contribution in [0.4, 0.5) is 18.9 Å². The maximum absolute atomic E-state index is 12.6. The van der Waals surface area contributed by atoms with Crippen LogP contribution < -0.4 is 10.6 Å². The number of amides is 1. The number of rotatable bonds is 5. The average Bonchev–Trinajstić information content (AvgIpc) is 2.88. The van der Waals surface area contributed by atoms with Crippen LogP contribution in [0.5, 0.6) is 0 Å². The second kappa shape index (κ2) is 7.63. The number of carbonyl (C=O) groups excluding carboxylic acids is 1. The lowest BCUT2D eigenvalue weighted by molar-refractivity contribution is -0.137. The lowest BCUT2D eigenvalue weighted by Crippen LogP contribution is -2.32. The number of anilines is 1. The molecule has 0 bridgehead atoms. The minimum Gasteiger partial charge on any atom is -0.362 e. The van der Waals surface area contributed by atoms with Gasteiger partial charge in [0.05, 0.1) is 5.56 Å². The van der Waals surface area contributed by atoms with Crippen LogP contribution in [0.3, 0.4) is 0 Å². The summed E-state index contributed by atoms with van der Waals surface area (Å²) in [5.41, 5.74) is -0.440. The van der Waals surface area contributed by atoms with Crippen molar-refractivity contribution in [1.29, 1.82) is 0 Å². The first-order chi connectivity index (χ1) is 10.9. The predicted octanol–water partition coefficient (Wildman–Crippen LogP) is 3.00. The van der Waals surface area contributed by atoms with Gasteiger partial charge in [-0.1, -0.05) is 6.07 Å². The van der Waals surface area contributed by atoms with E-state index in [1.807, 2.05) is 4.90 Å². The molecule has 1 aliphatic rings. The van der Waals surface area contributed by atoms with Crippen LogP contribution >= 0.6 is 12.2 Å². The van der Waals surface area contributed by atoms with Gasteiger partial charge in [0.1, 0.15) is 0 Å². The van der Waals surface area contributed by atoms with Crippen molar-refractivity contribution in [3.05, 3.63) is 29.8 Å². The van der Waals surface area contributed by atoms with Gasteiger partial charge >= 0.3 is 6.18 Å². The van der Waals surface area contributed by atoms with E-state index in [0.29, 0.717) is 19.5 Å². The zero-order valence-corrected chi connectivity index (χ0v) is 13.3. The molecule has 4 nitrogen and oxygen atoms in total. The molecule has 2 rings (SSSR count). The molecule has 1 amide bonds. The lowest BCUT2D eigenvalue weighted by Gasteiger charge is -2.16. The molecule has 2 N–H and O–H groups in total. The number of hydrogen-bond acceptors (Lipinski definition) is 2. The van der Waals surface area contributed by atoms with Crippen molar-refractivity contribution >= 4 is 28.9 Å². The Labute approximate surface area is 138 Å². The Bertz CT molecular complexity index is 577. The van der Waals surface area contributed by atoms with Crippen LogP contribution in [0.15, 0.2) is 24.3 Å². The first-order valence-electron chi connectivity index (χ1n) is 7.36. The topological polar surface area (TPSA) is 44.4 Å². The van der Waals surface area contributed by atoms with Crippen LogP contribution in [0, 0.1) is 0 Å². The molecule has 1 fully saturated rings. The summed E-state index contributed by atoms with van der Waals surface area (Å²) >= 11 is 5.06. The lowest BCUT2D eigenvalue weighted by atomic mass is 10.2. The van der Waals surface area contributed by atoms with Gasteiger partial charge in [-0.3, -0.25) is 4.79 Å². The molecule has 1 aromatic rings. The summed E-state index contributed by atoms with van der Waals surface area (Å²) in [5, 5.41) is 5.92. The zero-order valence-electron chi connectivity index (χ0n) is 12.4. The van der Waals surface area contributed by atoms with Crippen molar-refractivity contribution in [2.75, 3.05) is 25.0 Å². The van der Waals surface area contributed by atoms with Gasteiger partial charge in [0.15, 0.2) is 5.11 Å². The number of benzene rings is 1. The molecule has 0 spiro atoms. The molecule has 0 radical (unpaired) electrons. The van der Waals surface area contributed by atoms with Gasteiger partial charge in [-0.05, 0) is 43.3 Å². The number of thiocarbonyl (C=S) groups is 1. The Morgan fingerprint density at radius 3 is 2.78 bits per heavy atom. The third-order valence-corrected chi connectivity index (χ3v) is 3.76. The largest absolute Gasteiger partial charge is 0.416 e. The summed E-state index contributed by atoms with van der Waals surface area (Å²) in [6.07, 6.45) is -2.13. The molecule has 0 aliphatic carbocycles. The molecule has 1 heterocycles. The molecule has 1 aromatic carbocycles. The van der Waals surface area contributed by atoms with Gasteiger partial charge in [0.2, 0.25) is 5.91 Å². The molecule has 23 heavy (non-hydrogen) atoms. The maximum atomic E-state index is 12.6. The number of alkyl halides is 3. The van der Waals surface area contributed by atoms with Crippen molar-refractivity contribution < 1.29 is 18.0 Å². The first-order valence-corrected chi connectivity index (χ1v) is 7.77. The van der Waals surface area contributed by atoms with Crippen LogP contribution in [0.25, 0.3) is 0 Å². The third-order valence-electron chi connectivity index (χ3n) is 3.51. The van der Waals surface area contributed by atoms with Gasteiger partial charge in [-0.25, -0.2) is 0 Å². The van der Waals surface area contributed by atoms with Crippen LogP contribution in [-0.4, -0.2) is 35.6 Å². The Kier molecular flexibility index (Phi) is 5.81. The van der Waals surface area contributed by atoms with E-state index in [0.717, 1.165) is 31.5 Å². The molecule has 0 saturated carbocycles. The van der Waals surface area contributed by atoms with Gasteiger partial charge in [0.25, 0.3) is 0 Å². The monoisotopic (exact) mass is 345 g/mol. The minimum absolute atomic E-state index is 0.176. The fourth-order valence-electron chi connectivity index (χ4n) is 2.36. The highest BCUT2D eigenvalue weighted by atomic mass is 32.1. The molecule has 8 heteroatoms. The van der Waals surface area contributed by atoms with Crippen molar-refractivity contribution in [1.82, 2.24) is 10.2 Å². The van der Waals surface area contributed by atoms with Gasteiger partial charge < -0.3 is 15.5 Å². The smallest absolute Gasteiger partial charge is 0.362 e. The first kappa shape index (κ1) is 17.5. The Morgan fingerprint density at radius 1 is 1.35 bits per heavy atom. The Hall–Kier alpha value is -1.83. The molecule has 126 valence electrons. The second-order valence-electron chi connectivity index (χ2n) is 5.30. The normalized spacial score (nSPS) is 14.9. The molecule has 0 unspecified atom stereocenters. The summed E-state index contributed by atoms with van der Waals surface area (Å²) in [7, 11) is 0. The van der Waals surface area contributed by atoms with Crippen molar-refractivity contribution in [2.45, 2.75) is 25.4 Å². The van der Waals surface area contributed by atoms with Crippen molar-refractivity contribution in [2.24, 2.45) is 0 Å². The number of halogens is 3. The van der Waals surface area contributed by atoms with E-state index in [1.54, 1.807) is 0 Å². The second-order valence-corrected chi connectivity index (χ2v) is 5.71. The molecule has 1 saturated heterocycles. The number of likely N-dealkylation sites (tertiary alicyclic amines) is 1. The highest BCUT2D eigenvalue weighted by molar-refractivity contribution is 7.80. The number of carbonyl (C=O) groups is 1. The van der Waals surface area contributed by atoms with E-state index in [4.69, 9.17) is 12.2 Å². The highest BCUT2D eigenvalue weighted by Gasteiger charge is 2.30. The molecule has 0 aromatic heterocycles. The average molecular weight is 345 g/mol. The van der Waals surface area contributed by atoms with E-state index < -0.39 is 11.7 Å². The summed E-state index contributed by atoms with van der Waals surface area (Å²) in [6.45, 7) is 2.01. The van der Waals surface area contributed by atoms with Crippen LogP contribution in [0.2, 0.25) is 0 Å². The van der Waals surface area contributed by atoms with Gasteiger partial charge in [-0.15, -0.1) is 0 Å². The molecular weight excluding hydrogens is 327 g/mol. The Morgan fingerprint density at radius 2 is 2.13 bits per heavy atom. The molecule has 0 atom stereocenters. The fourth-order valence-corrected chi connectivity index (χ4v) is 2.58. The quantitative estimate of drug-likeness (QED) is 0.636. The van der Waals surface area contributed by atoms with Crippen molar-refractivity contribution in [3.8, 4) is 0 Å². The summed E-state index contributed by atoms with van der Waals surface area (Å²) in [6, 6.07) is 4.87. The van der Waals surface area contributed by atoms with E-state index in [-0.39, 0.29) is 16.7 Å². The fraction of sp³-hybridized carbons (Fsp3) is 0.467. The van der Waals surface area contributed by atoms with Crippen LogP contribution in [-0.2, 0) is 11.0 Å². The molecule has 1 aliphatic heterocycles. The van der Waals surface area contributed by atoms with Gasteiger partial charge in [-0.2, -0.15) is 13.2 Å². The number of hydrogen-bond donors (Lipinski definition) is 2. The van der Waals surface area contributed by atoms with Crippen LogP contribution in [0.1, 0.15) is 24.8 Å². The van der Waals surface area contributed by atoms with E-state index in [9.17, 15) is 18.0 Å². The SMILES string of the molecule is O=C1CCCN1CCCNC(=S)Nc1cccc(C(F)(F)F)c1. The van der Waals surface area contributed by atoms with Crippen molar-refractivity contribution in [3.63, 3.8) is 0 Å². The van der Waals surface area contributed by atoms with E-state index in [1.165, 1.54) is 12.1 Å². The number of nitrogens with one attached hydrogen (secondary N) is 2. The maximum Gasteiger partial charge on any atom is 0.416 e. The zero-order chi connectivity index (χ0) is 16.9. The van der Waals surface area contributed by atoms with Gasteiger partial charge in [0, 0.05) is 31.7 Å². The highest BCUT2D eigenvalue weighted by Crippen LogP contribution is 2.30. The van der Waals surface area contributed by atoms with E-state index >= 15 is 0 Å². The predicted molar refractivity (Wildman–Crippen MR) is 86.1 cm³/mol. The summed E-state index contributed by atoms with van der Waals surface area (Å²) in [5.74, 6) is 0.176. The Balaban J connectivity index is 1.73. The summed E-state index contributed by atoms with van der Waals surface area (Å²) < 4.78 is 37.9. The molecular formula is C15H18F3N3OS. The van der Waals surface area contributed by atoms with E-state index in [2.05, 4.69) is 10.6 Å². The number of nitrogens with zero attached hydrogens (tertiary/aromatic N) is 1. The minimum atomic E-state index is -4.38. The standard InChI is InChI=1S/C15H18F3N3OS/c16-15(17,18)11-4-1-5-12(10-11)20-14(23)19-7-3-9-21-8-2-6-13(21)22/h1,4-5,10H,2-3,6-9H2,(H2,19,20,23). The summed E-state index contributed by atoms with van der Waals surface area (Å²) in [4.78, 5) is 13.2.